The number of methoxy groups -OCH3 is 1. The van der Waals surface area contributed by atoms with Gasteiger partial charge in [-0.2, -0.15) is 0 Å². The van der Waals surface area contributed by atoms with Gasteiger partial charge in [-0.3, -0.25) is 9.69 Å². The summed E-state index contributed by atoms with van der Waals surface area (Å²) < 4.78 is 18.1. The average molecular weight is 613 g/mol. The van der Waals surface area contributed by atoms with Gasteiger partial charge in [0.05, 0.1) is 37.5 Å². The Bertz CT molecular complexity index is 1190. The zero-order chi connectivity index (χ0) is 32.2. The van der Waals surface area contributed by atoms with E-state index >= 15 is 0 Å². The van der Waals surface area contributed by atoms with Crippen molar-refractivity contribution >= 4 is 17.6 Å². The van der Waals surface area contributed by atoms with Crippen molar-refractivity contribution in [1.82, 2.24) is 15.1 Å². The molecule has 4 atom stereocenters. The summed E-state index contributed by atoms with van der Waals surface area (Å²) in [6.07, 6.45) is 2.37. The summed E-state index contributed by atoms with van der Waals surface area (Å²) in [6.45, 7) is 11.9. The van der Waals surface area contributed by atoms with Crippen LogP contribution in [0.5, 0.6) is 11.5 Å². The first kappa shape index (κ1) is 35.1. The fourth-order valence-electron chi connectivity index (χ4n) is 5.31. The second-order valence-corrected chi connectivity index (χ2v) is 12.3. The van der Waals surface area contributed by atoms with Crippen LogP contribution >= 0.6 is 0 Å². The van der Waals surface area contributed by atoms with Gasteiger partial charge in [-0.25, -0.2) is 4.79 Å². The Morgan fingerprint density at radius 2 is 1.86 bits per heavy atom. The van der Waals surface area contributed by atoms with Crippen LogP contribution in [-0.2, 0) is 11.3 Å². The Morgan fingerprint density at radius 1 is 1.14 bits per heavy atom. The number of aliphatic hydroxyl groups is 1. The molecule has 2 aromatic rings. The summed E-state index contributed by atoms with van der Waals surface area (Å²) in [4.78, 5) is 30.6. The van der Waals surface area contributed by atoms with E-state index in [9.17, 15) is 14.7 Å². The molecule has 0 spiro atoms. The second-order valence-electron chi connectivity index (χ2n) is 12.3. The van der Waals surface area contributed by atoms with E-state index in [-0.39, 0.29) is 42.7 Å². The Kier molecular flexibility index (Phi) is 13.8. The van der Waals surface area contributed by atoms with Crippen LogP contribution in [0.25, 0.3) is 0 Å². The minimum atomic E-state index is -0.443. The molecule has 44 heavy (non-hydrogen) atoms. The van der Waals surface area contributed by atoms with E-state index in [0.717, 1.165) is 31.6 Å². The number of rotatable bonds is 9. The van der Waals surface area contributed by atoms with Gasteiger partial charge < -0.3 is 34.9 Å². The van der Waals surface area contributed by atoms with Crippen LogP contribution in [0.3, 0.4) is 0 Å². The molecule has 0 bridgehead atoms. The van der Waals surface area contributed by atoms with Crippen molar-refractivity contribution < 1.29 is 28.9 Å². The number of benzene rings is 2. The van der Waals surface area contributed by atoms with E-state index in [1.807, 2.05) is 39.8 Å². The molecule has 3 rings (SSSR count). The lowest BCUT2D eigenvalue weighted by atomic mass is 10.0. The molecule has 3 N–H and O–H groups in total. The number of hydrogen-bond acceptors (Lipinski definition) is 7. The number of carbonyl (C=O) groups is 2. The van der Waals surface area contributed by atoms with Gasteiger partial charge in [0.25, 0.3) is 5.91 Å². The molecule has 3 amide bonds. The standard InChI is InChI=1S/C34H52N4O6/c1-23(2)35-34(41)36-28-13-16-31-30(18-28)33(40)38(25(4)22-39)19-24(3)32(43-17-9-8-10-26(5)44-31)21-37(6)20-27-11-14-29(42-7)15-12-27/h11-16,18,23-26,32,39H,8-10,17,19-22H2,1-7H3,(H2,35,36,41)/t24-,25-,26+,32-/m1/s1. The lowest BCUT2D eigenvalue weighted by Crippen LogP contribution is -2.47. The maximum atomic E-state index is 14.2. The molecule has 0 aliphatic carbocycles. The number of aliphatic hydroxyl groups excluding tert-OH is 1. The van der Waals surface area contributed by atoms with Crippen molar-refractivity contribution in [3.63, 3.8) is 0 Å². The van der Waals surface area contributed by atoms with Gasteiger partial charge in [0.15, 0.2) is 0 Å². The highest BCUT2D eigenvalue weighted by atomic mass is 16.5. The number of urea groups is 1. The summed E-state index contributed by atoms with van der Waals surface area (Å²) in [6, 6.07) is 12.4. The Morgan fingerprint density at radius 3 is 2.52 bits per heavy atom. The number of anilines is 1. The second kappa shape index (κ2) is 17.2. The predicted molar refractivity (Wildman–Crippen MR) is 173 cm³/mol. The molecule has 244 valence electrons. The highest BCUT2D eigenvalue weighted by molar-refractivity contribution is 5.99. The first-order chi connectivity index (χ1) is 21.0. The summed E-state index contributed by atoms with van der Waals surface area (Å²) in [5.74, 6) is 0.987. The van der Waals surface area contributed by atoms with E-state index in [1.54, 1.807) is 30.2 Å². The number of nitrogens with one attached hydrogen (secondary N) is 2. The smallest absolute Gasteiger partial charge is 0.319 e. The van der Waals surface area contributed by atoms with Gasteiger partial charge in [-0.05, 0) is 89.9 Å². The highest BCUT2D eigenvalue weighted by Crippen LogP contribution is 2.28. The van der Waals surface area contributed by atoms with Gasteiger partial charge in [0.2, 0.25) is 0 Å². The number of hydrogen-bond donors (Lipinski definition) is 3. The molecule has 2 aromatic carbocycles. The molecule has 0 fully saturated rings. The maximum absolute atomic E-state index is 14.2. The van der Waals surface area contributed by atoms with Crippen LogP contribution in [0.2, 0.25) is 0 Å². The molecular weight excluding hydrogens is 560 g/mol. The number of nitrogens with zero attached hydrogens (tertiary/aromatic N) is 2. The Balaban J connectivity index is 1.88. The topological polar surface area (TPSA) is 113 Å². The lowest BCUT2D eigenvalue weighted by Gasteiger charge is -2.36. The van der Waals surface area contributed by atoms with Crippen LogP contribution in [0.4, 0.5) is 10.5 Å². The number of amides is 3. The van der Waals surface area contributed by atoms with Gasteiger partial charge in [0, 0.05) is 43.9 Å². The SMILES string of the molecule is COc1ccc(CN(C)C[C@H]2OCCCC[C@H](C)Oc3ccc(NC(=O)NC(C)C)cc3C(=O)N([C@H](C)CO)C[C@H]2C)cc1. The maximum Gasteiger partial charge on any atom is 0.319 e. The van der Waals surface area contributed by atoms with Crippen molar-refractivity contribution in [1.29, 1.82) is 0 Å². The third-order valence-electron chi connectivity index (χ3n) is 7.83. The summed E-state index contributed by atoms with van der Waals surface area (Å²) in [5.41, 5.74) is 2.00. The molecule has 1 aliphatic heterocycles. The Hall–Kier alpha value is -3.34. The van der Waals surface area contributed by atoms with Crippen LogP contribution in [0, 0.1) is 5.92 Å². The molecule has 0 radical (unpaired) electrons. The van der Waals surface area contributed by atoms with E-state index in [2.05, 4.69) is 41.6 Å². The number of fused-ring (bicyclic) bond motifs is 1. The van der Waals surface area contributed by atoms with Crippen molar-refractivity contribution in [3.05, 3.63) is 53.6 Å². The van der Waals surface area contributed by atoms with Gasteiger partial charge in [-0.15, -0.1) is 0 Å². The molecule has 1 aliphatic rings. The molecule has 10 heteroatoms. The van der Waals surface area contributed by atoms with E-state index in [1.165, 1.54) is 5.56 Å². The van der Waals surface area contributed by atoms with E-state index in [4.69, 9.17) is 14.2 Å². The van der Waals surface area contributed by atoms with E-state index in [0.29, 0.717) is 36.7 Å². The molecule has 0 saturated carbocycles. The minimum absolute atomic E-state index is 0.0318. The first-order valence-corrected chi connectivity index (χ1v) is 15.7. The monoisotopic (exact) mass is 612 g/mol. The van der Waals surface area contributed by atoms with Crippen LogP contribution in [-0.4, -0.2) is 91.6 Å². The highest BCUT2D eigenvalue weighted by Gasteiger charge is 2.30. The summed E-state index contributed by atoms with van der Waals surface area (Å²) in [7, 11) is 3.73. The molecule has 0 unspecified atom stereocenters. The van der Waals surface area contributed by atoms with Gasteiger partial charge in [-0.1, -0.05) is 19.1 Å². The number of likely N-dealkylation sites (N-methyl/N-ethyl adjacent to an activating group) is 1. The van der Waals surface area contributed by atoms with Crippen LogP contribution in [0.1, 0.15) is 69.8 Å². The molecule has 1 heterocycles. The molecule has 0 aromatic heterocycles. The van der Waals surface area contributed by atoms with E-state index < -0.39 is 6.04 Å². The fourth-order valence-corrected chi connectivity index (χ4v) is 5.31. The number of ether oxygens (including phenoxy) is 3. The van der Waals surface area contributed by atoms with Gasteiger partial charge >= 0.3 is 6.03 Å². The summed E-state index contributed by atoms with van der Waals surface area (Å²) >= 11 is 0. The van der Waals surface area contributed by atoms with Crippen molar-refractivity contribution in [3.8, 4) is 11.5 Å². The predicted octanol–water partition coefficient (Wildman–Crippen LogP) is 5.15. The third kappa shape index (κ3) is 10.7. The summed E-state index contributed by atoms with van der Waals surface area (Å²) in [5, 5.41) is 15.8. The zero-order valence-electron chi connectivity index (χ0n) is 27.5. The fraction of sp³-hybridized carbons (Fsp3) is 0.588. The first-order valence-electron chi connectivity index (χ1n) is 15.7. The van der Waals surface area contributed by atoms with Crippen molar-refractivity contribution in [2.45, 2.75) is 84.7 Å². The minimum Gasteiger partial charge on any atom is -0.497 e. The molecular formula is C34H52N4O6. The normalized spacial score (nSPS) is 20.8. The quantitative estimate of drug-likeness (QED) is 0.359. The lowest BCUT2D eigenvalue weighted by molar-refractivity contribution is -0.0177. The van der Waals surface area contributed by atoms with Crippen LogP contribution in [0.15, 0.2) is 42.5 Å². The van der Waals surface area contributed by atoms with Crippen LogP contribution < -0.4 is 20.1 Å². The molecule has 10 nitrogen and oxygen atoms in total. The van der Waals surface area contributed by atoms with Gasteiger partial charge in [0.1, 0.15) is 11.5 Å². The average Bonchev–Trinajstić information content (AvgIpc) is 2.98. The van der Waals surface area contributed by atoms with Crippen molar-refractivity contribution in [2.24, 2.45) is 5.92 Å². The third-order valence-corrected chi connectivity index (χ3v) is 7.83. The zero-order valence-corrected chi connectivity index (χ0v) is 27.5. The van der Waals surface area contributed by atoms with Crippen molar-refractivity contribution in [2.75, 3.05) is 45.8 Å². The Labute approximate surface area is 263 Å². The number of carbonyl (C=O) groups excluding carboxylic acids is 2. The molecule has 0 saturated heterocycles. The largest absolute Gasteiger partial charge is 0.497 e.